The number of H-pyrrole nitrogens is 1. The fraction of sp³-hybridized carbons (Fsp3) is 0.148. The number of aromatic amines is 1. The molecule has 2 N–H and O–H groups in total. The van der Waals surface area contributed by atoms with Gasteiger partial charge < -0.3 is 24.4 Å². The van der Waals surface area contributed by atoms with Gasteiger partial charge in [-0.15, -0.1) is 0 Å². The summed E-state index contributed by atoms with van der Waals surface area (Å²) in [6.07, 6.45) is 0. The Balaban J connectivity index is 1.40. The lowest BCUT2D eigenvalue weighted by Gasteiger charge is -2.16. The Morgan fingerprint density at radius 1 is 0.972 bits per heavy atom. The first-order valence-electron chi connectivity index (χ1n) is 11.2. The molecule has 0 atom stereocenters. The van der Waals surface area contributed by atoms with Crippen molar-refractivity contribution in [3.63, 3.8) is 0 Å². The van der Waals surface area contributed by atoms with E-state index >= 15 is 0 Å². The second-order valence-electron chi connectivity index (χ2n) is 8.34. The molecule has 9 heteroatoms. The van der Waals surface area contributed by atoms with Gasteiger partial charge in [0.15, 0.2) is 5.75 Å². The zero-order chi connectivity index (χ0) is 25.4. The Morgan fingerprint density at radius 2 is 1.78 bits per heavy atom. The molecule has 36 heavy (non-hydrogen) atoms. The molecule has 0 saturated carbocycles. The molecule has 0 bridgehead atoms. The summed E-state index contributed by atoms with van der Waals surface area (Å²) in [6.45, 7) is 1.95. The van der Waals surface area contributed by atoms with Crippen molar-refractivity contribution in [1.29, 1.82) is 0 Å². The number of rotatable bonds is 5. The molecule has 0 aliphatic carbocycles. The molecule has 0 unspecified atom stereocenters. The SMILES string of the molecule is COc1ccc(OC)c(-c2cc(C(=O)Nc3ccc4c(c3)C(=O)N(C)c3cc(C)ccc3O4)[nH]n2)c1. The van der Waals surface area contributed by atoms with E-state index in [1.807, 2.05) is 25.1 Å². The number of fused-ring (bicyclic) bond motifs is 2. The van der Waals surface area contributed by atoms with E-state index in [-0.39, 0.29) is 11.6 Å². The van der Waals surface area contributed by atoms with E-state index in [2.05, 4.69) is 15.5 Å². The van der Waals surface area contributed by atoms with Crippen molar-refractivity contribution < 1.29 is 23.8 Å². The Hall–Kier alpha value is -4.79. The number of aromatic nitrogens is 2. The largest absolute Gasteiger partial charge is 0.497 e. The number of carbonyl (C=O) groups excluding carboxylic acids is 2. The fourth-order valence-electron chi connectivity index (χ4n) is 4.04. The minimum absolute atomic E-state index is 0.237. The monoisotopic (exact) mass is 484 g/mol. The van der Waals surface area contributed by atoms with Gasteiger partial charge in [0.1, 0.15) is 22.9 Å². The van der Waals surface area contributed by atoms with Crippen LogP contribution in [0.2, 0.25) is 0 Å². The summed E-state index contributed by atoms with van der Waals surface area (Å²) in [7, 11) is 4.83. The quantitative estimate of drug-likeness (QED) is 0.411. The van der Waals surface area contributed by atoms with Gasteiger partial charge >= 0.3 is 0 Å². The van der Waals surface area contributed by atoms with Crippen molar-refractivity contribution in [2.45, 2.75) is 6.92 Å². The highest BCUT2D eigenvalue weighted by Crippen LogP contribution is 2.39. The second kappa shape index (κ2) is 9.10. The fourth-order valence-corrected chi connectivity index (χ4v) is 4.04. The van der Waals surface area contributed by atoms with Gasteiger partial charge in [0.2, 0.25) is 0 Å². The summed E-state index contributed by atoms with van der Waals surface area (Å²) >= 11 is 0. The number of anilines is 2. The number of nitrogens with zero attached hydrogens (tertiary/aromatic N) is 2. The number of carbonyl (C=O) groups is 2. The highest BCUT2D eigenvalue weighted by atomic mass is 16.5. The number of aryl methyl sites for hydroxylation is 1. The van der Waals surface area contributed by atoms with Crippen LogP contribution in [0.5, 0.6) is 23.0 Å². The van der Waals surface area contributed by atoms with Crippen molar-refractivity contribution in [2.24, 2.45) is 0 Å². The van der Waals surface area contributed by atoms with Gasteiger partial charge in [-0.25, -0.2) is 0 Å². The van der Waals surface area contributed by atoms with E-state index in [0.29, 0.717) is 51.2 Å². The Bertz CT molecular complexity index is 1490. The highest BCUT2D eigenvalue weighted by Gasteiger charge is 2.26. The van der Waals surface area contributed by atoms with Crippen LogP contribution >= 0.6 is 0 Å². The van der Waals surface area contributed by atoms with Gasteiger partial charge in [0.25, 0.3) is 11.8 Å². The first-order chi connectivity index (χ1) is 17.4. The molecular formula is C27H24N4O5. The average Bonchev–Trinajstić information content (AvgIpc) is 3.36. The molecule has 1 aromatic heterocycles. The van der Waals surface area contributed by atoms with Crippen molar-refractivity contribution in [2.75, 3.05) is 31.5 Å². The molecule has 182 valence electrons. The molecule has 9 nitrogen and oxygen atoms in total. The summed E-state index contributed by atoms with van der Waals surface area (Å²) < 4.78 is 16.7. The number of ether oxygens (including phenoxy) is 3. The predicted molar refractivity (Wildman–Crippen MR) is 136 cm³/mol. The summed E-state index contributed by atoms with van der Waals surface area (Å²) in [5, 5.41) is 9.84. The van der Waals surface area contributed by atoms with Crippen molar-refractivity contribution in [3.05, 3.63) is 77.5 Å². The van der Waals surface area contributed by atoms with Crippen LogP contribution in [0.1, 0.15) is 26.4 Å². The lowest BCUT2D eigenvalue weighted by molar-refractivity contribution is 0.0989. The zero-order valence-corrected chi connectivity index (χ0v) is 20.2. The predicted octanol–water partition coefficient (Wildman–Crippen LogP) is 5.04. The molecule has 1 aliphatic rings. The third-order valence-electron chi connectivity index (χ3n) is 5.97. The molecule has 2 heterocycles. The molecule has 0 radical (unpaired) electrons. The molecular weight excluding hydrogens is 460 g/mol. The Morgan fingerprint density at radius 3 is 2.56 bits per heavy atom. The maximum atomic E-state index is 13.2. The average molecular weight is 485 g/mol. The first kappa shape index (κ1) is 23.0. The van der Waals surface area contributed by atoms with Crippen LogP contribution in [0.25, 0.3) is 11.3 Å². The Kier molecular flexibility index (Phi) is 5.81. The highest BCUT2D eigenvalue weighted by molar-refractivity contribution is 6.11. The maximum absolute atomic E-state index is 13.2. The third-order valence-corrected chi connectivity index (χ3v) is 5.97. The zero-order valence-electron chi connectivity index (χ0n) is 20.2. The molecule has 4 aromatic rings. The summed E-state index contributed by atoms with van der Waals surface area (Å²) in [5.41, 5.74) is 3.93. The van der Waals surface area contributed by atoms with Crippen LogP contribution in [0.15, 0.2) is 60.7 Å². The smallest absolute Gasteiger partial charge is 0.273 e. The number of hydrogen-bond donors (Lipinski definition) is 2. The van der Waals surface area contributed by atoms with Crippen LogP contribution in [0.4, 0.5) is 11.4 Å². The van der Waals surface area contributed by atoms with E-state index in [9.17, 15) is 9.59 Å². The van der Waals surface area contributed by atoms with Crippen LogP contribution in [-0.2, 0) is 0 Å². The number of methoxy groups -OCH3 is 2. The van der Waals surface area contributed by atoms with E-state index < -0.39 is 5.91 Å². The molecule has 1 aliphatic heterocycles. The normalized spacial score (nSPS) is 12.2. The van der Waals surface area contributed by atoms with Gasteiger partial charge in [-0.1, -0.05) is 6.07 Å². The van der Waals surface area contributed by atoms with Crippen molar-refractivity contribution >= 4 is 23.2 Å². The molecule has 3 aromatic carbocycles. The number of hydrogen-bond acceptors (Lipinski definition) is 6. The lowest BCUT2D eigenvalue weighted by Crippen LogP contribution is -2.25. The topological polar surface area (TPSA) is 106 Å². The van der Waals surface area contributed by atoms with Gasteiger partial charge in [-0.2, -0.15) is 5.10 Å². The summed E-state index contributed by atoms with van der Waals surface area (Å²) in [5.74, 6) is 1.59. The van der Waals surface area contributed by atoms with E-state index in [0.717, 1.165) is 5.56 Å². The number of benzene rings is 3. The number of amides is 2. The number of nitrogens with one attached hydrogen (secondary N) is 2. The first-order valence-corrected chi connectivity index (χ1v) is 11.2. The summed E-state index contributed by atoms with van der Waals surface area (Å²) in [6, 6.07) is 17.6. The van der Waals surface area contributed by atoms with Crippen LogP contribution in [0.3, 0.4) is 0 Å². The van der Waals surface area contributed by atoms with Gasteiger partial charge in [0, 0.05) is 18.3 Å². The van der Waals surface area contributed by atoms with Gasteiger partial charge in [0.05, 0.1) is 31.2 Å². The minimum atomic E-state index is -0.412. The summed E-state index contributed by atoms with van der Waals surface area (Å²) in [4.78, 5) is 27.7. The van der Waals surface area contributed by atoms with E-state index in [4.69, 9.17) is 14.2 Å². The molecule has 0 saturated heterocycles. The van der Waals surface area contributed by atoms with Crippen molar-refractivity contribution in [1.82, 2.24) is 10.2 Å². The van der Waals surface area contributed by atoms with Crippen molar-refractivity contribution in [3.8, 4) is 34.3 Å². The third kappa shape index (κ3) is 4.11. The van der Waals surface area contributed by atoms with Crippen LogP contribution in [0, 0.1) is 6.92 Å². The van der Waals surface area contributed by atoms with Crippen LogP contribution in [-0.4, -0.2) is 43.3 Å². The molecule has 0 fully saturated rings. The van der Waals surface area contributed by atoms with Crippen LogP contribution < -0.4 is 24.4 Å². The van der Waals surface area contributed by atoms with Gasteiger partial charge in [-0.05, 0) is 67.1 Å². The Labute approximate surface area is 207 Å². The van der Waals surface area contributed by atoms with E-state index in [1.54, 1.807) is 68.6 Å². The molecule has 0 spiro atoms. The maximum Gasteiger partial charge on any atom is 0.273 e. The lowest BCUT2D eigenvalue weighted by atomic mass is 10.1. The van der Waals surface area contributed by atoms with Gasteiger partial charge in [-0.3, -0.25) is 14.7 Å². The minimum Gasteiger partial charge on any atom is -0.497 e. The van der Waals surface area contributed by atoms with E-state index in [1.165, 1.54) is 0 Å². The molecule has 2 amide bonds. The second-order valence-corrected chi connectivity index (χ2v) is 8.34. The standard InChI is InChI=1S/C27H24N4O5/c1-15-5-8-25-22(11-15)31(2)27(33)19-12-16(6-9-24(19)36-25)28-26(32)21-14-20(29-30-21)18-13-17(34-3)7-10-23(18)35-4/h5-14H,1-4H3,(H,28,32)(H,29,30). The molecule has 5 rings (SSSR count).